The molecule has 2 N–H and O–H groups in total. The molecule has 2 fully saturated rings. The highest BCUT2D eigenvalue weighted by Crippen LogP contribution is 2.36. The van der Waals surface area contributed by atoms with E-state index in [1.54, 1.807) is 0 Å². The maximum absolute atomic E-state index is 10.1. The molecule has 36 heavy (non-hydrogen) atoms. The van der Waals surface area contributed by atoms with Crippen molar-refractivity contribution in [2.75, 3.05) is 45.1 Å². The van der Waals surface area contributed by atoms with E-state index in [2.05, 4.69) is 69.1 Å². The molecule has 5 rings (SSSR count). The van der Waals surface area contributed by atoms with E-state index in [0.29, 0.717) is 12.0 Å². The summed E-state index contributed by atoms with van der Waals surface area (Å²) in [6.45, 7) is 8.73. The quantitative estimate of drug-likeness (QED) is 0.437. The van der Waals surface area contributed by atoms with E-state index in [1.807, 2.05) is 6.20 Å². The first-order valence-corrected chi connectivity index (χ1v) is 13.9. The van der Waals surface area contributed by atoms with Crippen molar-refractivity contribution < 1.29 is 5.11 Å². The van der Waals surface area contributed by atoms with Crippen molar-refractivity contribution in [3.63, 3.8) is 0 Å². The van der Waals surface area contributed by atoms with Crippen LogP contribution in [0.3, 0.4) is 0 Å². The molecule has 194 valence electrons. The average Bonchev–Trinajstić information content (AvgIpc) is 3.14. The van der Waals surface area contributed by atoms with Gasteiger partial charge in [0.15, 0.2) is 0 Å². The maximum atomic E-state index is 10.1. The van der Waals surface area contributed by atoms with Crippen LogP contribution in [0, 0.1) is 0 Å². The van der Waals surface area contributed by atoms with Gasteiger partial charge in [0.25, 0.3) is 0 Å². The number of aromatic nitrogens is 3. The second-order valence-electron chi connectivity index (χ2n) is 10.8. The lowest BCUT2D eigenvalue weighted by Crippen LogP contribution is -2.28. The topological polar surface area (TPSA) is 69.5 Å². The molecule has 7 nitrogen and oxygen atoms in total. The van der Waals surface area contributed by atoms with Crippen LogP contribution in [-0.4, -0.2) is 75.3 Å². The number of anilines is 1. The Bertz CT molecular complexity index is 1120. The first-order valence-electron chi connectivity index (χ1n) is 13.9. The van der Waals surface area contributed by atoms with E-state index in [4.69, 9.17) is 4.98 Å². The number of rotatable bonds is 8. The first kappa shape index (κ1) is 25.2. The summed E-state index contributed by atoms with van der Waals surface area (Å²) < 4.78 is 2.35. The van der Waals surface area contributed by atoms with E-state index in [1.165, 1.54) is 36.2 Å². The Morgan fingerprint density at radius 1 is 1.03 bits per heavy atom. The van der Waals surface area contributed by atoms with Crippen LogP contribution in [0.25, 0.3) is 22.2 Å². The van der Waals surface area contributed by atoms with Gasteiger partial charge < -0.3 is 19.9 Å². The molecule has 0 spiro atoms. The molecule has 3 aromatic rings. The number of hydrogen-bond donors (Lipinski definition) is 2. The van der Waals surface area contributed by atoms with Crippen LogP contribution < -0.4 is 5.32 Å². The van der Waals surface area contributed by atoms with Gasteiger partial charge in [-0.1, -0.05) is 37.6 Å². The fourth-order valence-corrected chi connectivity index (χ4v) is 5.64. The third-order valence-corrected chi connectivity index (χ3v) is 7.93. The van der Waals surface area contributed by atoms with Crippen molar-refractivity contribution in [3.8, 4) is 11.1 Å². The van der Waals surface area contributed by atoms with Crippen molar-refractivity contribution in [2.24, 2.45) is 0 Å². The van der Waals surface area contributed by atoms with E-state index in [0.717, 1.165) is 75.7 Å². The highest BCUT2D eigenvalue weighted by molar-refractivity contribution is 5.94. The fourth-order valence-electron chi connectivity index (χ4n) is 5.64. The molecule has 1 saturated carbocycles. The predicted octanol–water partition coefficient (Wildman–Crippen LogP) is 4.92. The van der Waals surface area contributed by atoms with E-state index < -0.39 is 0 Å². The van der Waals surface area contributed by atoms with Gasteiger partial charge in [0.2, 0.25) is 5.95 Å². The van der Waals surface area contributed by atoms with Gasteiger partial charge in [0.1, 0.15) is 5.65 Å². The average molecular weight is 491 g/mol. The molecule has 1 aliphatic heterocycles. The van der Waals surface area contributed by atoms with Gasteiger partial charge in [0, 0.05) is 55.6 Å². The van der Waals surface area contributed by atoms with E-state index in [-0.39, 0.29) is 6.10 Å². The summed E-state index contributed by atoms with van der Waals surface area (Å²) in [5.41, 5.74) is 4.77. The Kier molecular flexibility index (Phi) is 8.19. The molecule has 3 heterocycles. The van der Waals surface area contributed by atoms with Crippen LogP contribution in [0.4, 0.5) is 5.95 Å². The highest BCUT2D eigenvalue weighted by Gasteiger charge is 2.24. The summed E-state index contributed by atoms with van der Waals surface area (Å²) in [7, 11) is 2.22. The van der Waals surface area contributed by atoms with Crippen LogP contribution in [0.5, 0.6) is 0 Å². The van der Waals surface area contributed by atoms with Crippen LogP contribution in [0.1, 0.15) is 63.5 Å². The Balaban J connectivity index is 1.40. The number of aliphatic hydroxyl groups excluding tert-OH is 1. The van der Waals surface area contributed by atoms with Gasteiger partial charge in [-0.15, -0.1) is 0 Å². The number of fused-ring (bicyclic) bond motifs is 1. The van der Waals surface area contributed by atoms with Crippen LogP contribution in [-0.2, 0) is 6.54 Å². The van der Waals surface area contributed by atoms with Crippen molar-refractivity contribution in [1.29, 1.82) is 0 Å². The fraction of sp³-hybridized carbons (Fsp3) is 0.586. The Morgan fingerprint density at radius 3 is 2.61 bits per heavy atom. The molecule has 1 aliphatic carbocycles. The standard InChI is InChI=1S/C29H42N6O/c1-3-4-14-30-29-31-19-26-27(21-35(28(26)32-29)24-10-12-25(36)13-11-24)23-8-6-22(7-9-23)20-34-16-5-15-33(2)17-18-34/h6-9,19,21,24-25,36H,3-5,10-18,20H2,1-2H3,(H,30,31,32)/t24-,25-. The van der Waals surface area contributed by atoms with E-state index >= 15 is 0 Å². The first-order chi connectivity index (χ1) is 17.6. The summed E-state index contributed by atoms with van der Waals surface area (Å²) in [5.74, 6) is 0.705. The SMILES string of the molecule is CCCCNc1ncc2c(-c3ccc(CN4CCCN(C)CC4)cc3)cn([C@H]3CC[C@H](O)CC3)c2n1. The number of nitrogens with zero attached hydrogens (tertiary/aromatic N) is 5. The molecular formula is C29H42N6O. The second-order valence-corrected chi connectivity index (χ2v) is 10.8. The van der Waals surface area contributed by atoms with Gasteiger partial charge in [-0.05, 0) is 69.8 Å². The van der Waals surface area contributed by atoms with Gasteiger partial charge in [-0.25, -0.2) is 4.98 Å². The van der Waals surface area contributed by atoms with Gasteiger partial charge >= 0.3 is 0 Å². The summed E-state index contributed by atoms with van der Waals surface area (Å²) in [5, 5.41) is 14.6. The smallest absolute Gasteiger partial charge is 0.224 e. The predicted molar refractivity (Wildman–Crippen MR) is 147 cm³/mol. The Labute approximate surface area is 215 Å². The summed E-state index contributed by atoms with van der Waals surface area (Å²) in [6.07, 6.45) is 11.3. The number of nitrogens with one attached hydrogen (secondary N) is 1. The van der Waals surface area contributed by atoms with Crippen molar-refractivity contribution in [3.05, 3.63) is 42.2 Å². The molecule has 2 aromatic heterocycles. The summed E-state index contributed by atoms with van der Waals surface area (Å²) in [6, 6.07) is 9.45. The molecular weight excluding hydrogens is 448 g/mol. The molecule has 0 amide bonds. The normalized spacial score (nSPS) is 22.1. The Morgan fingerprint density at radius 2 is 1.83 bits per heavy atom. The van der Waals surface area contributed by atoms with Gasteiger partial charge in [0.05, 0.1) is 6.10 Å². The molecule has 1 aromatic carbocycles. The van der Waals surface area contributed by atoms with Crippen molar-refractivity contribution >= 4 is 17.0 Å². The lowest BCUT2D eigenvalue weighted by Gasteiger charge is -2.27. The largest absolute Gasteiger partial charge is 0.393 e. The number of hydrogen-bond acceptors (Lipinski definition) is 6. The zero-order chi connectivity index (χ0) is 24.9. The molecule has 2 aliphatic rings. The molecule has 7 heteroatoms. The number of likely N-dealkylation sites (N-methyl/N-ethyl adjacent to an activating group) is 1. The third kappa shape index (κ3) is 5.90. The highest BCUT2D eigenvalue weighted by atomic mass is 16.3. The van der Waals surface area contributed by atoms with Crippen molar-refractivity contribution in [1.82, 2.24) is 24.3 Å². The third-order valence-electron chi connectivity index (χ3n) is 7.93. The van der Waals surface area contributed by atoms with E-state index in [9.17, 15) is 5.11 Å². The number of benzene rings is 1. The molecule has 0 unspecified atom stereocenters. The zero-order valence-corrected chi connectivity index (χ0v) is 22.0. The van der Waals surface area contributed by atoms with Gasteiger partial charge in [-0.2, -0.15) is 4.98 Å². The molecule has 0 atom stereocenters. The van der Waals surface area contributed by atoms with Crippen molar-refractivity contribution in [2.45, 2.75) is 70.6 Å². The number of aliphatic hydroxyl groups is 1. The number of unbranched alkanes of at least 4 members (excludes halogenated alkanes) is 1. The minimum Gasteiger partial charge on any atom is -0.393 e. The van der Waals surface area contributed by atoms with Gasteiger partial charge in [-0.3, -0.25) is 4.90 Å². The molecule has 0 bridgehead atoms. The zero-order valence-electron chi connectivity index (χ0n) is 22.0. The summed E-state index contributed by atoms with van der Waals surface area (Å²) in [4.78, 5) is 14.6. The second kappa shape index (κ2) is 11.7. The minimum atomic E-state index is -0.166. The minimum absolute atomic E-state index is 0.166. The molecule has 1 saturated heterocycles. The van der Waals surface area contributed by atoms with Crippen LogP contribution in [0.2, 0.25) is 0 Å². The Hall–Kier alpha value is -2.48. The maximum Gasteiger partial charge on any atom is 0.224 e. The summed E-state index contributed by atoms with van der Waals surface area (Å²) >= 11 is 0. The monoisotopic (exact) mass is 490 g/mol. The lowest BCUT2D eigenvalue weighted by atomic mass is 9.93. The van der Waals surface area contributed by atoms with Crippen LogP contribution >= 0.6 is 0 Å². The molecule has 0 radical (unpaired) electrons. The van der Waals surface area contributed by atoms with Crippen LogP contribution in [0.15, 0.2) is 36.7 Å². The lowest BCUT2D eigenvalue weighted by molar-refractivity contribution is 0.111.